The van der Waals surface area contributed by atoms with Crippen molar-refractivity contribution in [1.82, 2.24) is 34.4 Å². The summed E-state index contributed by atoms with van der Waals surface area (Å²) in [5, 5.41) is 11.8. The maximum atomic E-state index is 13.1. The SMILES string of the molecule is Cn1cc(Nc2nccc(-c3cnn(C4CCN(CC5CC5(F)F)CC4)c3)n2)cn1. The molecule has 5 rings (SSSR count). The van der Waals surface area contributed by atoms with Crippen molar-refractivity contribution in [1.29, 1.82) is 0 Å². The summed E-state index contributed by atoms with van der Waals surface area (Å²) in [5.74, 6) is -2.38. The maximum absolute atomic E-state index is 13.1. The largest absolute Gasteiger partial charge is 0.321 e. The van der Waals surface area contributed by atoms with Crippen molar-refractivity contribution in [2.45, 2.75) is 31.2 Å². The molecule has 0 radical (unpaired) electrons. The van der Waals surface area contributed by atoms with Crippen LogP contribution < -0.4 is 5.32 Å². The number of hydrogen-bond acceptors (Lipinski definition) is 6. The van der Waals surface area contributed by atoms with Crippen molar-refractivity contribution in [3.63, 3.8) is 0 Å². The average Bonchev–Trinajstić information content (AvgIpc) is 3.11. The van der Waals surface area contributed by atoms with Crippen LogP contribution in [0.15, 0.2) is 37.1 Å². The fraction of sp³-hybridized carbons (Fsp3) is 0.500. The number of alkyl halides is 2. The normalized spacial score (nSPS) is 21.6. The zero-order valence-electron chi connectivity index (χ0n) is 16.7. The molecule has 0 spiro atoms. The second-order valence-corrected chi connectivity index (χ2v) is 8.20. The standard InChI is InChI=1S/C20H24F2N8/c1-28-13-16(10-24-28)26-19-23-5-2-18(27-19)14-9-25-30(11-14)17-3-6-29(7-4-17)12-15-8-20(15,21)22/h2,5,9-11,13,15,17H,3-4,6-8,12H2,1H3,(H,23,26,27). The number of anilines is 2. The Balaban J connectivity index is 1.21. The van der Waals surface area contributed by atoms with Gasteiger partial charge in [0.25, 0.3) is 5.92 Å². The molecule has 1 aliphatic heterocycles. The molecule has 30 heavy (non-hydrogen) atoms. The number of piperidine rings is 1. The molecule has 0 amide bonds. The van der Waals surface area contributed by atoms with Crippen molar-refractivity contribution in [3.05, 3.63) is 37.1 Å². The molecule has 2 aliphatic rings. The predicted molar refractivity (Wildman–Crippen MR) is 108 cm³/mol. The smallest absolute Gasteiger partial charge is 0.252 e. The first-order chi connectivity index (χ1) is 14.5. The van der Waals surface area contributed by atoms with E-state index in [9.17, 15) is 8.78 Å². The molecule has 0 bridgehead atoms. The third-order valence-electron chi connectivity index (χ3n) is 5.88. The summed E-state index contributed by atoms with van der Waals surface area (Å²) in [7, 11) is 1.85. The number of aryl methyl sites for hydroxylation is 1. The van der Waals surface area contributed by atoms with Crippen LogP contribution in [-0.4, -0.2) is 60.0 Å². The van der Waals surface area contributed by atoms with Gasteiger partial charge < -0.3 is 10.2 Å². The summed E-state index contributed by atoms with van der Waals surface area (Å²) in [6, 6.07) is 2.14. The zero-order chi connectivity index (χ0) is 20.7. The average molecular weight is 414 g/mol. The molecule has 10 heteroatoms. The maximum Gasteiger partial charge on any atom is 0.252 e. The highest BCUT2D eigenvalue weighted by Crippen LogP contribution is 2.49. The lowest BCUT2D eigenvalue weighted by Gasteiger charge is -2.32. The molecule has 3 aromatic heterocycles. The van der Waals surface area contributed by atoms with Crippen LogP contribution in [0.1, 0.15) is 25.3 Å². The van der Waals surface area contributed by atoms with E-state index in [4.69, 9.17) is 0 Å². The molecule has 1 N–H and O–H groups in total. The fourth-order valence-corrected chi connectivity index (χ4v) is 4.01. The number of likely N-dealkylation sites (tertiary alicyclic amines) is 1. The molecule has 8 nitrogen and oxygen atoms in total. The van der Waals surface area contributed by atoms with Gasteiger partial charge in [-0.1, -0.05) is 0 Å². The van der Waals surface area contributed by atoms with Crippen LogP contribution in [0.3, 0.4) is 0 Å². The first-order valence-electron chi connectivity index (χ1n) is 10.2. The number of rotatable bonds is 6. The Morgan fingerprint density at radius 3 is 2.67 bits per heavy atom. The van der Waals surface area contributed by atoms with E-state index in [2.05, 4.69) is 30.4 Å². The molecule has 1 atom stereocenters. The van der Waals surface area contributed by atoms with Gasteiger partial charge in [0.05, 0.1) is 29.8 Å². The van der Waals surface area contributed by atoms with E-state index in [0.29, 0.717) is 12.5 Å². The number of aromatic nitrogens is 6. The van der Waals surface area contributed by atoms with Gasteiger partial charge in [0.1, 0.15) is 0 Å². The number of nitrogens with zero attached hydrogens (tertiary/aromatic N) is 7. The first-order valence-corrected chi connectivity index (χ1v) is 10.2. The van der Waals surface area contributed by atoms with Gasteiger partial charge in [-0.05, 0) is 18.9 Å². The summed E-state index contributed by atoms with van der Waals surface area (Å²) in [6.45, 7) is 2.18. The van der Waals surface area contributed by atoms with E-state index in [-0.39, 0.29) is 12.5 Å². The summed E-state index contributed by atoms with van der Waals surface area (Å²) in [5.41, 5.74) is 2.53. The van der Waals surface area contributed by atoms with Gasteiger partial charge >= 0.3 is 0 Å². The topological polar surface area (TPSA) is 76.7 Å². The van der Waals surface area contributed by atoms with E-state index in [0.717, 1.165) is 42.9 Å². The predicted octanol–water partition coefficient (Wildman–Crippen LogP) is 3.11. The first kappa shape index (κ1) is 19.1. The monoisotopic (exact) mass is 414 g/mol. The van der Waals surface area contributed by atoms with Gasteiger partial charge in [-0.15, -0.1) is 0 Å². The van der Waals surface area contributed by atoms with Gasteiger partial charge in [-0.25, -0.2) is 18.7 Å². The minimum absolute atomic E-state index is 0.0476. The molecule has 1 saturated carbocycles. The Morgan fingerprint density at radius 1 is 1.17 bits per heavy atom. The van der Waals surface area contributed by atoms with Crippen molar-refractivity contribution >= 4 is 11.6 Å². The third-order valence-corrected chi connectivity index (χ3v) is 5.88. The van der Waals surface area contributed by atoms with Crippen molar-refractivity contribution in [2.24, 2.45) is 13.0 Å². The van der Waals surface area contributed by atoms with E-state index >= 15 is 0 Å². The summed E-state index contributed by atoms with van der Waals surface area (Å²) in [6.07, 6.45) is 11.0. The van der Waals surface area contributed by atoms with Gasteiger partial charge in [-0.2, -0.15) is 10.2 Å². The molecular formula is C20H24F2N8. The van der Waals surface area contributed by atoms with Crippen LogP contribution in [0.25, 0.3) is 11.3 Å². The molecular weight excluding hydrogens is 390 g/mol. The number of hydrogen-bond donors (Lipinski definition) is 1. The van der Waals surface area contributed by atoms with Crippen molar-refractivity contribution < 1.29 is 8.78 Å². The van der Waals surface area contributed by atoms with E-state index in [1.54, 1.807) is 17.1 Å². The van der Waals surface area contributed by atoms with Gasteiger partial charge in [-0.3, -0.25) is 9.36 Å². The quantitative estimate of drug-likeness (QED) is 0.668. The summed E-state index contributed by atoms with van der Waals surface area (Å²) < 4.78 is 30.0. The second kappa shape index (κ2) is 7.42. The Labute approximate surface area is 172 Å². The van der Waals surface area contributed by atoms with E-state index in [1.165, 1.54) is 0 Å². The highest BCUT2D eigenvalue weighted by Gasteiger charge is 2.57. The number of halogens is 2. The molecule has 1 saturated heterocycles. The van der Waals surface area contributed by atoms with Crippen LogP contribution >= 0.6 is 0 Å². The molecule has 2 fully saturated rings. The van der Waals surface area contributed by atoms with Crippen LogP contribution in [0.5, 0.6) is 0 Å². The van der Waals surface area contributed by atoms with Crippen molar-refractivity contribution in [3.8, 4) is 11.3 Å². The lowest BCUT2D eigenvalue weighted by atomic mass is 10.0. The Morgan fingerprint density at radius 2 is 1.97 bits per heavy atom. The van der Waals surface area contributed by atoms with Crippen LogP contribution in [0.4, 0.5) is 20.4 Å². The van der Waals surface area contributed by atoms with Crippen LogP contribution in [0.2, 0.25) is 0 Å². The molecule has 1 aliphatic carbocycles. The van der Waals surface area contributed by atoms with Crippen LogP contribution in [0, 0.1) is 5.92 Å². The fourth-order valence-electron chi connectivity index (χ4n) is 4.01. The summed E-state index contributed by atoms with van der Waals surface area (Å²) in [4.78, 5) is 11.0. The Hall–Kier alpha value is -2.88. The Kier molecular flexibility index (Phi) is 4.73. The van der Waals surface area contributed by atoms with Gasteiger partial charge in [0, 0.05) is 63.2 Å². The lowest BCUT2D eigenvalue weighted by Crippen LogP contribution is -2.36. The van der Waals surface area contributed by atoms with Crippen LogP contribution in [-0.2, 0) is 7.05 Å². The molecule has 1 unspecified atom stereocenters. The highest BCUT2D eigenvalue weighted by molar-refractivity contribution is 5.60. The minimum Gasteiger partial charge on any atom is -0.321 e. The number of nitrogens with one attached hydrogen (secondary N) is 1. The van der Waals surface area contributed by atoms with Gasteiger partial charge in [0.2, 0.25) is 5.95 Å². The van der Waals surface area contributed by atoms with E-state index in [1.807, 2.05) is 36.4 Å². The highest BCUT2D eigenvalue weighted by atomic mass is 19.3. The molecule has 4 heterocycles. The third kappa shape index (κ3) is 4.04. The zero-order valence-corrected chi connectivity index (χ0v) is 16.7. The molecule has 158 valence electrons. The van der Waals surface area contributed by atoms with Crippen molar-refractivity contribution in [2.75, 3.05) is 25.0 Å². The minimum atomic E-state index is -2.43. The van der Waals surface area contributed by atoms with E-state index < -0.39 is 11.8 Å². The Bertz CT molecular complexity index is 1020. The molecule has 3 aromatic rings. The second-order valence-electron chi connectivity index (χ2n) is 8.20. The molecule has 0 aromatic carbocycles. The van der Waals surface area contributed by atoms with Gasteiger partial charge in [0.15, 0.2) is 0 Å². The lowest BCUT2D eigenvalue weighted by molar-refractivity contribution is 0.0806. The summed E-state index contributed by atoms with van der Waals surface area (Å²) >= 11 is 0.